The monoisotopic (exact) mass is 247 g/mol. The third kappa shape index (κ3) is 3.16. The Labute approximate surface area is 98.0 Å². The van der Waals surface area contributed by atoms with Gasteiger partial charge in [0.15, 0.2) is 0 Å². The predicted molar refractivity (Wildman–Crippen MR) is 61.4 cm³/mol. The van der Waals surface area contributed by atoms with Crippen molar-refractivity contribution in [2.24, 2.45) is 0 Å². The summed E-state index contributed by atoms with van der Waals surface area (Å²) in [4.78, 5) is 1.18. The third-order valence-electron chi connectivity index (χ3n) is 2.46. The molecule has 2 heterocycles. The summed E-state index contributed by atoms with van der Waals surface area (Å²) in [7, 11) is 0. The number of thiophene rings is 1. The van der Waals surface area contributed by atoms with Crippen LogP contribution in [0.25, 0.3) is 0 Å². The summed E-state index contributed by atoms with van der Waals surface area (Å²) in [6, 6.07) is 1.94. The molecule has 0 saturated carbocycles. The van der Waals surface area contributed by atoms with Crippen molar-refractivity contribution >= 4 is 22.9 Å². The van der Waals surface area contributed by atoms with Crippen LogP contribution in [0.2, 0.25) is 5.02 Å². The zero-order valence-electron chi connectivity index (χ0n) is 8.33. The Morgan fingerprint density at radius 3 is 3.13 bits per heavy atom. The maximum Gasteiger partial charge on any atom is 0.103 e. The average molecular weight is 248 g/mol. The minimum atomic E-state index is -0.680. The summed E-state index contributed by atoms with van der Waals surface area (Å²) in [6.07, 6.45) is 0.713. The summed E-state index contributed by atoms with van der Waals surface area (Å²) in [5.74, 6) is 0. The summed E-state index contributed by atoms with van der Waals surface area (Å²) >= 11 is 7.43. The molecule has 2 N–H and O–H groups in total. The van der Waals surface area contributed by atoms with E-state index in [4.69, 9.17) is 16.3 Å². The number of nitrogens with one attached hydrogen (secondary N) is 1. The molecule has 0 bridgehead atoms. The fourth-order valence-corrected chi connectivity index (χ4v) is 2.64. The number of hydrogen-bond donors (Lipinski definition) is 2. The quantitative estimate of drug-likeness (QED) is 0.850. The second-order valence-corrected chi connectivity index (χ2v) is 5.29. The zero-order chi connectivity index (χ0) is 10.7. The topological polar surface area (TPSA) is 41.5 Å². The van der Waals surface area contributed by atoms with Gasteiger partial charge in [0.1, 0.15) is 5.60 Å². The molecule has 0 radical (unpaired) electrons. The smallest absolute Gasteiger partial charge is 0.103 e. The molecular formula is C10H14ClNO2S. The highest BCUT2D eigenvalue weighted by Gasteiger charge is 2.31. The van der Waals surface area contributed by atoms with E-state index >= 15 is 0 Å². The Bertz CT molecular complexity index is 323. The van der Waals surface area contributed by atoms with Gasteiger partial charge in [0.05, 0.1) is 11.6 Å². The van der Waals surface area contributed by atoms with Gasteiger partial charge < -0.3 is 15.2 Å². The number of hydrogen-bond acceptors (Lipinski definition) is 4. The Hall–Kier alpha value is -0.130. The fraction of sp³-hybridized carbons (Fsp3) is 0.600. The van der Waals surface area contributed by atoms with E-state index in [0.29, 0.717) is 26.2 Å². The largest absolute Gasteiger partial charge is 0.386 e. The molecule has 3 nitrogen and oxygen atoms in total. The number of halogens is 1. The van der Waals surface area contributed by atoms with Crippen molar-refractivity contribution in [1.29, 1.82) is 0 Å². The molecule has 1 aliphatic rings. The second-order valence-electron chi connectivity index (χ2n) is 3.86. The van der Waals surface area contributed by atoms with Crippen molar-refractivity contribution < 1.29 is 9.84 Å². The van der Waals surface area contributed by atoms with Crippen LogP contribution >= 0.6 is 22.9 Å². The summed E-state index contributed by atoms with van der Waals surface area (Å²) in [5, 5.41) is 15.9. The Morgan fingerprint density at radius 2 is 2.53 bits per heavy atom. The van der Waals surface area contributed by atoms with E-state index in [1.807, 2.05) is 11.4 Å². The molecule has 0 aromatic carbocycles. The maximum atomic E-state index is 9.96. The van der Waals surface area contributed by atoms with Crippen LogP contribution in [0.15, 0.2) is 11.4 Å². The van der Waals surface area contributed by atoms with E-state index in [0.717, 1.165) is 11.6 Å². The van der Waals surface area contributed by atoms with Gasteiger partial charge in [-0.2, -0.15) is 0 Å². The molecule has 1 saturated heterocycles. The number of aliphatic hydroxyl groups is 1. The van der Waals surface area contributed by atoms with Crippen LogP contribution in [0, 0.1) is 0 Å². The summed E-state index contributed by atoms with van der Waals surface area (Å²) in [5.41, 5.74) is -0.680. The Balaban J connectivity index is 1.75. The van der Waals surface area contributed by atoms with Crippen LogP contribution in [0.5, 0.6) is 0 Å². The molecule has 2 rings (SSSR count). The molecular weight excluding hydrogens is 234 g/mol. The van der Waals surface area contributed by atoms with E-state index in [9.17, 15) is 5.11 Å². The number of ether oxygens (including phenoxy) is 1. The van der Waals surface area contributed by atoms with Gasteiger partial charge in [-0.25, -0.2) is 0 Å². The highest BCUT2D eigenvalue weighted by molar-refractivity contribution is 7.10. The van der Waals surface area contributed by atoms with Crippen molar-refractivity contribution in [2.75, 3.05) is 19.8 Å². The molecule has 1 aliphatic heterocycles. The van der Waals surface area contributed by atoms with E-state index in [1.165, 1.54) is 4.88 Å². The van der Waals surface area contributed by atoms with Crippen LogP contribution in [0.3, 0.4) is 0 Å². The molecule has 0 amide bonds. The van der Waals surface area contributed by atoms with Gasteiger partial charge in [0.25, 0.3) is 0 Å². The lowest BCUT2D eigenvalue weighted by atomic mass is 10.0. The first-order chi connectivity index (χ1) is 7.18. The first-order valence-corrected chi connectivity index (χ1v) is 6.17. The lowest BCUT2D eigenvalue weighted by molar-refractivity contribution is 0.0269. The van der Waals surface area contributed by atoms with Crippen LogP contribution in [0.1, 0.15) is 11.3 Å². The standard InChI is InChI=1S/C10H14ClNO2S/c11-8-3-9(15-5-8)4-12-6-10(13)1-2-14-7-10/h3,5,12-13H,1-2,4,6-7H2. The normalized spacial score (nSPS) is 26.0. The SMILES string of the molecule is OC1(CNCc2cc(Cl)cs2)CCOC1. The molecule has 1 aromatic rings. The van der Waals surface area contributed by atoms with Gasteiger partial charge in [0.2, 0.25) is 0 Å². The van der Waals surface area contributed by atoms with Crippen molar-refractivity contribution in [3.05, 3.63) is 21.3 Å². The molecule has 1 unspecified atom stereocenters. The van der Waals surface area contributed by atoms with Gasteiger partial charge in [0, 0.05) is 36.4 Å². The third-order valence-corrected chi connectivity index (χ3v) is 3.74. The first kappa shape index (κ1) is 11.4. The molecule has 1 atom stereocenters. The number of rotatable bonds is 4. The molecule has 1 fully saturated rings. The van der Waals surface area contributed by atoms with E-state index in [2.05, 4.69) is 5.32 Å². The van der Waals surface area contributed by atoms with Gasteiger partial charge in [-0.05, 0) is 6.07 Å². The minimum Gasteiger partial charge on any atom is -0.386 e. The van der Waals surface area contributed by atoms with E-state index in [1.54, 1.807) is 11.3 Å². The Kier molecular flexibility index (Phi) is 3.64. The van der Waals surface area contributed by atoms with Gasteiger partial charge >= 0.3 is 0 Å². The van der Waals surface area contributed by atoms with Gasteiger partial charge in [-0.1, -0.05) is 11.6 Å². The maximum absolute atomic E-state index is 9.96. The van der Waals surface area contributed by atoms with Crippen LogP contribution in [-0.2, 0) is 11.3 Å². The van der Waals surface area contributed by atoms with E-state index in [-0.39, 0.29) is 0 Å². The average Bonchev–Trinajstić information content (AvgIpc) is 2.76. The van der Waals surface area contributed by atoms with E-state index < -0.39 is 5.60 Å². The van der Waals surface area contributed by atoms with Gasteiger partial charge in [-0.3, -0.25) is 0 Å². The van der Waals surface area contributed by atoms with Crippen LogP contribution in [0.4, 0.5) is 0 Å². The molecule has 5 heteroatoms. The molecule has 1 aromatic heterocycles. The second kappa shape index (κ2) is 4.80. The lowest BCUT2D eigenvalue weighted by Crippen LogP contribution is -2.40. The summed E-state index contributed by atoms with van der Waals surface area (Å²) in [6.45, 7) is 2.41. The van der Waals surface area contributed by atoms with Crippen LogP contribution in [-0.4, -0.2) is 30.5 Å². The first-order valence-electron chi connectivity index (χ1n) is 4.92. The lowest BCUT2D eigenvalue weighted by Gasteiger charge is -2.20. The molecule has 15 heavy (non-hydrogen) atoms. The fourth-order valence-electron chi connectivity index (χ4n) is 1.60. The highest BCUT2D eigenvalue weighted by atomic mass is 35.5. The summed E-state index contributed by atoms with van der Waals surface area (Å²) < 4.78 is 5.16. The van der Waals surface area contributed by atoms with Crippen molar-refractivity contribution in [1.82, 2.24) is 5.32 Å². The van der Waals surface area contributed by atoms with Gasteiger partial charge in [-0.15, -0.1) is 11.3 Å². The predicted octanol–water partition coefficient (Wildman–Crippen LogP) is 1.64. The molecule has 0 spiro atoms. The highest BCUT2D eigenvalue weighted by Crippen LogP contribution is 2.20. The minimum absolute atomic E-state index is 0.436. The van der Waals surface area contributed by atoms with Crippen molar-refractivity contribution in [3.63, 3.8) is 0 Å². The van der Waals surface area contributed by atoms with Crippen molar-refractivity contribution in [3.8, 4) is 0 Å². The van der Waals surface area contributed by atoms with Crippen LogP contribution < -0.4 is 5.32 Å². The molecule has 84 valence electrons. The Morgan fingerprint density at radius 1 is 1.67 bits per heavy atom. The zero-order valence-corrected chi connectivity index (χ0v) is 9.90. The van der Waals surface area contributed by atoms with Crippen molar-refractivity contribution in [2.45, 2.75) is 18.6 Å². The molecule has 0 aliphatic carbocycles.